The quantitative estimate of drug-likeness (QED) is 0.650. The Labute approximate surface area is 86.7 Å². The molecule has 1 rings (SSSR count). The second-order valence-electron chi connectivity index (χ2n) is 4.39. The van der Waals surface area contributed by atoms with E-state index in [-0.39, 0.29) is 6.10 Å². The molecule has 0 atom stereocenters. The predicted octanol–water partition coefficient (Wildman–Crippen LogP) is 2.83. The van der Waals surface area contributed by atoms with Crippen LogP contribution < -0.4 is 0 Å². The minimum Gasteiger partial charge on any atom is -0.393 e. The Bertz CT molecular complexity index is 150. The van der Waals surface area contributed by atoms with Gasteiger partial charge in [0.2, 0.25) is 0 Å². The standard InChI is InChI=1S/C12H22O2/c13-11-7-3-1-4-8-12(14)10-6-2-5-9-11/h11,13H,1-10H2. The minimum atomic E-state index is -0.0925. The molecule has 1 N–H and O–H groups in total. The third-order valence-electron chi connectivity index (χ3n) is 2.99. The molecule has 0 radical (unpaired) electrons. The van der Waals surface area contributed by atoms with Gasteiger partial charge in [-0.2, -0.15) is 0 Å². The largest absolute Gasteiger partial charge is 0.393 e. The first kappa shape index (κ1) is 11.7. The molecule has 0 aromatic rings. The fourth-order valence-electron chi connectivity index (χ4n) is 2.03. The summed E-state index contributed by atoms with van der Waals surface area (Å²) in [6.45, 7) is 0. The van der Waals surface area contributed by atoms with Gasteiger partial charge < -0.3 is 5.11 Å². The van der Waals surface area contributed by atoms with Gasteiger partial charge in [-0.3, -0.25) is 4.79 Å². The lowest BCUT2D eigenvalue weighted by Crippen LogP contribution is -2.07. The number of aliphatic hydroxyl groups is 1. The van der Waals surface area contributed by atoms with Crippen LogP contribution in [-0.2, 0) is 4.79 Å². The van der Waals surface area contributed by atoms with Crippen LogP contribution in [0.15, 0.2) is 0 Å². The molecule has 0 heterocycles. The number of carbonyl (C=O) groups excluding carboxylic acids is 1. The summed E-state index contributed by atoms with van der Waals surface area (Å²) in [7, 11) is 0. The summed E-state index contributed by atoms with van der Waals surface area (Å²) in [6, 6.07) is 0. The van der Waals surface area contributed by atoms with Crippen molar-refractivity contribution in [1.82, 2.24) is 0 Å². The van der Waals surface area contributed by atoms with E-state index in [4.69, 9.17) is 0 Å². The highest BCUT2D eigenvalue weighted by atomic mass is 16.3. The van der Waals surface area contributed by atoms with E-state index in [0.29, 0.717) is 5.78 Å². The lowest BCUT2D eigenvalue weighted by Gasteiger charge is -2.11. The maximum atomic E-state index is 11.3. The topological polar surface area (TPSA) is 37.3 Å². The van der Waals surface area contributed by atoms with Crippen LogP contribution in [0.4, 0.5) is 0 Å². The van der Waals surface area contributed by atoms with Gasteiger partial charge in [-0.05, 0) is 25.7 Å². The summed E-state index contributed by atoms with van der Waals surface area (Å²) in [5, 5.41) is 9.58. The molecule has 0 amide bonds. The normalized spacial score (nSPS) is 23.9. The molecule has 0 aliphatic heterocycles. The zero-order valence-corrected chi connectivity index (χ0v) is 9.00. The molecule has 1 aliphatic carbocycles. The monoisotopic (exact) mass is 198 g/mol. The van der Waals surface area contributed by atoms with E-state index in [1.165, 1.54) is 0 Å². The van der Waals surface area contributed by atoms with Crippen molar-refractivity contribution in [2.75, 3.05) is 0 Å². The first-order valence-corrected chi connectivity index (χ1v) is 5.99. The fraction of sp³-hybridized carbons (Fsp3) is 0.917. The number of hydrogen-bond donors (Lipinski definition) is 1. The Kier molecular flexibility index (Phi) is 5.85. The molecule has 2 heteroatoms. The van der Waals surface area contributed by atoms with Gasteiger partial charge in [-0.1, -0.05) is 25.7 Å². The van der Waals surface area contributed by atoms with E-state index >= 15 is 0 Å². The summed E-state index contributed by atoms with van der Waals surface area (Å²) in [5.41, 5.74) is 0. The number of ketones is 1. The van der Waals surface area contributed by atoms with Crippen molar-refractivity contribution in [2.45, 2.75) is 70.3 Å². The molecule has 0 aromatic carbocycles. The summed E-state index contributed by atoms with van der Waals surface area (Å²) >= 11 is 0. The first-order valence-electron chi connectivity index (χ1n) is 5.99. The highest BCUT2D eigenvalue weighted by molar-refractivity contribution is 5.78. The van der Waals surface area contributed by atoms with Gasteiger partial charge >= 0.3 is 0 Å². The summed E-state index contributed by atoms with van der Waals surface area (Å²) in [6.07, 6.45) is 9.67. The third kappa shape index (κ3) is 5.38. The van der Waals surface area contributed by atoms with Gasteiger partial charge in [0.1, 0.15) is 5.78 Å². The Morgan fingerprint density at radius 3 is 1.86 bits per heavy atom. The van der Waals surface area contributed by atoms with Gasteiger partial charge in [0, 0.05) is 12.8 Å². The number of rotatable bonds is 0. The highest BCUT2D eigenvalue weighted by Crippen LogP contribution is 2.15. The molecule has 0 bridgehead atoms. The number of Topliss-reactive ketones (excluding diaryl/α,β-unsaturated/α-hetero) is 1. The lowest BCUT2D eigenvalue weighted by atomic mass is 9.99. The van der Waals surface area contributed by atoms with Crippen molar-refractivity contribution in [2.24, 2.45) is 0 Å². The molecule has 1 fully saturated rings. The zero-order valence-electron chi connectivity index (χ0n) is 9.00. The smallest absolute Gasteiger partial charge is 0.132 e. The average Bonchev–Trinajstić information content (AvgIpc) is 2.14. The van der Waals surface area contributed by atoms with Crippen molar-refractivity contribution in [1.29, 1.82) is 0 Å². The van der Waals surface area contributed by atoms with Crippen LogP contribution in [0.2, 0.25) is 0 Å². The Hall–Kier alpha value is -0.370. The highest BCUT2D eigenvalue weighted by Gasteiger charge is 2.07. The van der Waals surface area contributed by atoms with Crippen molar-refractivity contribution in [3.8, 4) is 0 Å². The van der Waals surface area contributed by atoms with E-state index in [1.54, 1.807) is 0 Å². The summed E-state index contributed by atoms with van der Waals surface area (Å²) in [4.78, 5) is 11.3. The van der Waals surface area contributed by atoms with Gasteiger partial charge in [-0.25, -0.2) is 0 Å². The summed E-state index contributed by atoms with van der Waals surface area (Å²) < 4.78 is 0. The molecule has 82 valence electrons. The van der Waals surface area contributed by atoms with Crippen molar-refractivity contribution in [3.05, 3.63) is 0 Å². The fourth-order valence-corrected chi connectivity index (χ4v) is 2.03. The van der Waals surface area contributed by atoms with E-state index in [1.807, 2.05) is 0 Å². The van der Waals surface area contributed by atoms with Crippen LogP contribution in [0.3, 0.4) is 0 Å². The van der Waals surface area contributed by atoms with E-state index < -0.39 is 0 Å². The summed E-state index contributed by atoms with van der Waals surface area (Å²) in [5.74, 6) is 0.436. The maximum Gasteiger partial charge on any atom is 0.132 e. The molecule has 0 aromatic heterocycles. The lowest BCUT2D eigenvalue weighted by molar-refractivity contribution is -0.119. The molecular formula is C12H22O2. The van der Waals surface area contributed by atoms with Crippen molar-refractivity contribution < 1.29 is 9.90 Å². The van der Waals surface area contributed by atoms with Crippen molar-refractivity contribution in [3.63, 3.8) is 0 Å². The average molecular weight is 198 g/mol. The zero-order chi connectivity index (χ0) is 10.2. The molecular weight excluding hydrogens is 176 g/mol. The van der Waals surface area contributed by atoms with Crippen LogP contribution >= 0.6 is 0 Å². The third-order valence-corrected chi connectivity index (χ3v) is 2.99. The Morgan fingerprint density at radius 1 is 0.857 bits per heavy atom. The molecule has 0 saturated heterocycles. The van der Waals surface area contributed by atoms with Crippen molar-refractivity contribution >= 4 is 5.78 Å². The van der Waals surface area contributed by atoms with E-state index in [0.717, 1.165) is 64.2 Å². The second-order valence-corrected chi connectivity index (χ2v) is 4.39. The molecule has 1 aliphatic rings. The van der Waals surface area contributed by atoms with Crippen LogP contribution in [0.25, 0.3) is 0 Å². The Balaban J connectivity index is 2.22. The van der Waals surface area contributed by atoms with Gasteiger partial charge in [0.05, 0.1) is 6.10 Å². The van der Waals surface area contributed by atoms with Crippen LogP contribution in [0, 0.1) is 0 Å². The molecule has 14 heavy (non-hydrogen) atoms. The van der Waals surface area contributed by atoms with Crippen LogP contribution in [0.5, 0.6) is 0 Å². The Morgan fingerprint density at radius 2 is 1.36 bits per heavy atom. The molecule has 0 unspecified atom stereocenters. The van der Waals surface area contributed by atoms with Crippen LogP contribution in [0.1, 0.15) is 64.2 Å². The minimum absolute atomic E-state index is 0.0925. The van der Waals surface area contributed by atoms with Gasteiger partial charge in [0.25, 0.3) is 0 Å². The number of carbonyl (C=O) groups is 1. The first-order chi connectivity index (χ1) is 6.79. The second kappa shape index (κ2) is 6.99. The number of aliphatic hydroxyl groups excluding tert-OH is 1. The molecule has 0 spiro atoms. The molecule has 2 nitrogen and oxygen atoms in total. The van der Waals surface area contributed by atoms with E-state index in [9.17, 15) is 9.90 Å². The van der Waals surface area contributed by atoms with Crippen LogP contribution in [-0.4, -0.2) is 17.0 Å². The van der Waals surface area contributed by atoms with E-state index in [2.05, 4.69) is 0 Å². The maximum absolute atomic E-state index is 11.3. The number of hydrogen-bond acceptors (Lipinski definition) is 2. The molecule has 1 saturated carbocycles. The SMILES string of the molecule is O=C1CCCCCC(O)CCCCC1. The predicted molar refractivity (Wildman–Crippen MR) is 57.2 cm³/mol. The van der Waals surface area contributed by atoms with Gasteiger partial charge in [0.15, 0.2) is 0 Å². The van der Waals surface area contributed by atoms with Gasteiger partial charge in [-0.15, -0.1) is 0 Å².